The summed E-state index contributed by atoms with van der Waals surface area (Å²) in [5, 5.41) is 7.29. The van der Waals surface area contributed by atoms with Gasteiger partial charge in [0, 0.05) is 0 Å². The normalized spacial score (nSPS) is 10.5. The zero-order valence-electron chi connectivity index (χ0n) is 12.5. The molecule has 3 rings (SSSR count). The van der Waals surface area contributed by atoms with Crippen LogP contribution in [0.15, 0.2) is 53.9 Å². The molecule has 0 bridgehead atoms. The number of methoxy groups -OCH3 is 1. The van der Waals surface area contributed by atoms with Gasteiger partial charge < -0.3 is 10.1 Å². The van der Waals surface area contributed by atoms with E-state index in [2.05, 4.69) is 5.32 Å². The number of hydrogen-bond donors (Lipinski definition) is 1. The molecule has 3 aromatic rings. The van der Waals surface area contributed by atoms with Crippen LogP contribution in [0, 0.1) is 0 Å². The van der Waals surface area contributed by atoms with E-state index in [1.807, 2.05) is 42.5 Å². The first-order valence-electron chi connectivity index (χ1n) is 7.10. The first-order valence-corrected chi connectivity index (χ1v) is 7.98. The van der Waals surface area contributed by atoms with E-state index in [0.29, 0.717) is 10.6 Å². The van der Waals surface area contributed by atoms with Gasteiger partial charge in [-0.2, -0.15) is 0 Å². The Morgan fingerprint density at radius 1 is 1.09 bits per heavy atom. The molecule has 0 aliphatic heterocycles. The van der Waals surface area contributed by atoms with Crippen molar-refractivity contribution in [1.29, 1.82) is 0 Å². The average Bonchev–Trinajstić information content (AvgIpc) is 3.02. The molecule has 0 fully saturated rings. The lowest BCUT2D eigenvalue weighted by Gasteiger charge is -2.06. The summed E-state index contributed by atoms with van der Waals surface area (Å²) in [6.45, 7) is 0. The quantitative estimate of drug-likeness (QED) is 0.741. The molecule has 0 spiro atoms. The van der Waals surface area contributed by atoms with Crippen LogP contribution in [-0.4, -0.2) is 19.0 Å². The van der Waals surface area contributed by atoms with Gasteiger partial charge in [-0.25, -0.2) is 4.79 Å². The van der Waals surface area contributed by atoms with Gasteiger partial charge in [0.1, 0.15) is 5.00 Å². The Morgan fingerprint density at radius 2 is 1.87 bits per heavy atom. The second kappa shape index (κ2) is 6.62. The van der Waals surface area contributed by atoms with Crippen molar-refractivity contribution < 1.29 is 14.3 Å². The molecular weight excluding hydrogens is 310 g/mol. The molecule has 0 unspecified atom stereocenters. The van der Waals surface area contributed by atoms with Crippen molar-refractivity contribution in [3.63, 3.8) is 0 Å². The third-order valence-corrected chi connectivity index (χ3v) is 4.33. The summed E-state index contributed by atoms with van der Waals surface area (Å²) in [7, 11) is 1.32. The minimum absolute atomic E-state index is 0.159. The van der Waals surface area contributed by atoms with Crippen LogP contribution >= 0.6 is 11.3 Å². The number of rotatable bonds is 4. The van der Waals surface area contributed by atoms with Crippen LogP contribution in [0.25, 0.3) is 10.8 Å². The molecule has 4 nitrogen and oxygen atoms in total. The van der Waals surface area contributed by atoms with Crippen LogP contribution in [0.5, 0.6) is 0 Å². The number of anilines is 1. The predicted octanol–water partition coefficient (Wildman–Crippen LogP) is 3.87. The van der Waals surface area contributed by atoms with Crippen molar-refractivity contribution in [2.24, 2.45) is 0 Å². The number of benzene rings is 2. The van der Waals surface area contributed by atoms with Crippen LogP contribution in [-0.2, 0) is 16.0 Å². The van der Waals surface area contributed by atoms with E-state index < -0.39 is 5.97 Å². The summed E-state index contributed by atoms with van der Waals surface area (Å²) in [5.74, 6) is -0.611. The predicted molar refractivity (Wildman–Crippen MR) is 91.9 cm³/mol. The van der Waals surface area contributed by atoms with Gasteiger partial charge in [-0.1, -0.05) is 42.5 Å². The van der Waals surface area contributed by atoms with Crippen molar-refractivity contribution in [1.82, 2.24) is 0 Å². The van der Waals surface area contributed by atoms with Gasteiger partial charge in [-0.3, -0.25) is 4.79 Å². The highest BCUT2D eigenvalue weighted by atomic mass is 32.1. The van der Waals surface area contributed by atoms with E-state index in [1.165, 1.54) is 18.4 Å². The fraction of sp³-hybridized carbons (Fsp3) is 0.111. The molecule has 5 heteroatoms. The molecule has 1 heterocycles. The zero-order chi connectivity index (χ0) is 16.2. The van der Waals surface area contributed by atoms with Gasteiger partial charge in [0.2, 0.25) is 5.91 Å². The summed E-state index contributed by atoms with van der Waals surface area (Å²) in [6.07, 6.45) is 0.253. The molecule has 116 valence electrons. The Hall–Kier alpha value is -2.66. The molecule has 0 aliphatic rings. The van der Waals surface area contributed by atoms with Crippen LogP contribution in [0.4, 0.5) is 5.00 Å². The minimum atomic E-state index is -0.452. The van der Waals surface area contributed by atoms with E-state index in [-0.39, 0.29) is 12.3 Å². The second-order valence-electron chi connectivity index (χ2n) is 5.06. The first-order chi connectivity index (χ1) is 11.2. The highest BCUT2D eigenvalue weighted by molar-refractivity contribution is 7.14. The third-order valence-electron chi connectivity index (χ3n) is 3.50. The highest BCUT2D eigenvalue weighted by Crippen LogP contribution is 2.24. The zero-order valence-corrected chi connectivity index (χ0v) is 13.4. The summed E-state index contributed by atoms with van der Waals surface area (Å²) < 4.78 is 4.70. The highest BCUT2D eigenvalue weighted by Gasteiger charge is 2.15. The molecule has 0 atom stereocenters. The molecule has 23 heavy (non-hydrogen) atoms. The minimum Gasteiger partial charge on any atom is -0.465 e. The Morgan fingerprint density at radius 3 is 2.65 bits per heavy atom. The fourth-order valence-electron chi connectivity index (χ4n) is 2.38. The lowest BCUT2D eigenvalue weighted by atomic mass is 10.0. The van der Waals surface area contributed by atoms with Gasteiger partial charge >= 0.3 is 5.97 Å². The van der Waals surface area contributed by atoms with Crippen molar-refractivity contribution >= 4 is 39.0 Å². The molecule has 0 saturated heterocycles. The van der Waals surface area contributed by atoms with Crippen molar-refractivity contribution in [3.05, 3.63) is 65.0 Å². The average molecular weight is 325 g/mol. The number of thiophene rings is 1. The number of fused-ring (bicyclic) bond motifs is 1. The summed E-state index contributed by atoms with van der Waals surface area (Å²) >= 11 is 1.30. The van der Waals surface area contributed by atoms with Crippen molar-refractivity contribution in [2.75, 3.05) is 12.4 Å². The van der Waals surface area contributed by atoms with Gasteiger partial charge in [0.15, 0.2) is 0 Å². The molecule has 0 radical (unpaired) electrons. The van der Waals surface area contributed by atoms with Crippen LogP contribution in [0.2, 0.25) is 0 Å². The maximum absolute atomic E-state index is 12.2. The van der Waals surface area contributed by atoms with Crippen LogP contribution in [0.1, 0.15) is 15.9 Å². The SMILES string of the molecule is COC(=O)c1ccsc1NC(=O)Cc1ccc2ccccc2c1. The molecule has 1 N–H and O–H groups in total. The Labute approximate surface area is 137 Å². The number of carbonyl (C=O) groups is 2. The van der Waals surface area contributed by atoms with Gasteiger partial charge in [-0.05, 0) is 27.8 Å². The lowest BCUT2D eigenvalue weighted by molar-refractivity contribution is -0.115. The van der Waals surface area contributed by atoms with Crippen molar-refractivity contribution in [3.8, 4) is 0 Å². The van der Waals surface area contributed by atoms with Crippen LogP contribution < -0.4 is 5.32 Å². The molecule has 0 aliphatic carbocycles. The van der Waals surface area contributed by atoms with E-state index >= 15 is 0 Å². The number of carbonyl (C=O) groups excluding carboxylic acids is 2. The Bertz CT molecular complexity index is 869. The van der Waals surface area contributed by atoms with E-state index in [0.717, 1.165) is 16.3 Å². The van der Waals surface area contributed by atoms with E-state index in [4.69, 9.17) is 4.74 Å². The second-order valence-corrected chi connectivity index (χ2v) is 5.98. The number of esters is 1. The molecule has 1 amide bonds. The van der Waals surface area contributed by atoms with Gasteiger partial charge in [0.05, 0.1) is 19.1 Å². The topological polar surface area (TPSA) is 55.4 Å². The Kier molecular flexibility index (Phi) is 4.39. The third kappa shape index (κ3) is 3.40. The molecule has 0 saturated carbocycles. The molecular formula is C18H15NO3S. The van der Waals surface area contributed by atoms with E-state index in [1.54, 1.807) is 11.4 Å². The van der Waals surface area contributed by atoms with E-state index in [9.17, 15) is 9.59 Å². The number of amides is 1. The maximum atomic E-state index is 12.2. The first kappa shape index (κ1) is 15.2. The van der Waals surface area contributed by atoms with Crippen molar-refractivity contribution in [2.45, 2.75) is 6.42 Å². The standard InChI is InChI=1S/C18H15NO3S/c1-22-18(21)15-8-9-23-17(15)19-16(20)11-12-6-7-13-4-2-3-5-14(13)10-12/h2-10H,11H2,1H3,(H,19,20). The molecule has 1 aromatic heterocycles. The monoisotopic (exact) mass is 325 g/mol. The fourth-order valence-corrected chi connectivity index (χ4v) is 3.17. The summed E-state index contributed by atoms with van der Waals surface area (Å²) in [4.78, 5) is 23.8. The number of ether oxygens (including phenoxy) is 1. The summed E-state index contributed by atoms with van der Waals surface area (Å²) in [5.41, 5.74) is 1.31. The van der Waals surface area contributed by atoms with Gasteiger partial charge in [0.25, 0.3) is 0 Å². The molecule has 2 aromatic carbocycles. The van der Waals surface area contributed by atoms with Gasteiger partial charge in [-0.15, -0.1) is 11.3 Å². The summed E-state index contributed by atoms with van der Waals surface area (Å²) in [6, 6.07) is 15.6. The maximum Gasteiger partial charge on any atom is 0.340 e. The number of nitrogens with one attached hydrogen (secondary N) is 1. The largest absolute Gasteiger partial charge is 0.465 e. The van der Waals surface area contributed by atoms with Crippen LogP contribution in [0.3, 0.4) is 0 Å². The lowest BCUT2D eigenvalue weighted by Crippen LogP contribution is -2.15. The number of hydrogen-bond acceptors (Lipinski definition) is 4. The smallest absolute Gasteiger partial charge is 0.340 e. The Balaban J connectivity index is 1.74.